The van der Waals surface area contributed by atoms with Crippen molar-refractivity contribution in [3.05, 3.63) is 46.5 Å². The number of hydrogen-bond acceptors (Lipinski definition) is 6. The lowest BCUT2D eigenvalue weighted by atomic mass is 10.2. The van der Waals surface area contributed by atoms with Crippen molar-refractivity contribution >= 4 is 29.3 Å². The number of carbonyl (C=O) groups excluding carboxylic acids is 1. The number of halogens is 1. The van der Waals surface area contributed by atoms with Gasteiger partial charge in [0.25, 0.3) is 0 Å². The lowest BCUT2D eigenvalue weighted by molar-refractivity contribution is 0.0599. The van der Waals surface area contributed by atoms with Crippen LogP contribution in [0, 0.1) is 6.92 Å². The average Bonchev–Trinajstić information content (AvgIpc) is 3.31. The third kappa shape index (κ3) is 4.56. The van der Waals surface area contributed by atoms with E-state index in [4.69, 9.17) is 20.8 Å². The van der Waals surface area contributed by atoms with Gasteiger partial charge in [0.05, 0.1) is 18.7 Å². The minimum Gasteiger partial charge on any atom is -0.465 e. The van der Waals surface area contributed by atoms with Crippen LogP contribution in [0.25, 0.3) is 0 Å². The molecule has 0 radical (unpaired) electrons. The van der Waals surface area contributed by atoms with Crippen molar-refractivity contribution < 1.29 is 13.9 Å². The minimum absolute atomic E-state index is 0.216. The van der Waals surface area contributed by atoms with E-state index < -0.39 is 5.97 Å². The lowest BCUT2D eigenvalue weighted by Gasteiger charge is -2.20. The fraction of sp³-hybridized carbons (Fsp3) is 0.421. The summed E-state index contributed by atoms with van der Waals surface area (Å²) in [5.41, 5.74) is 0.431. The van der Waals surface area contributed by atoms with Gasteiger partial charge in [0, 0.05) is 32.4 Å². The summed E-state index contributed by atoms with van der Waals surface area (Å²) in [5.74, 6) is 2.22. The van der Waals surface area contributed by atoms with E-state index in [1.807, 2.05) is 12.1 Å². The van der Waals surface area contributed by atoms with Gasteiger partial charge in [-0.1, -0.05) is 11.6 Å². The van der Waals surface area contributed by atoms with Crippen LogP contribution in [-0.2, 0) is 11.3 Å². The van der Waals surface area contributed by atoms with Crippen LogP contribution in [0.15, 0.2) is 33.8 Å². The molecule has 1 unspecified atom stereocenters. The molecule has 1 saturated heterocycles. The molecule has 150 valence electrons. The first-order chi connectivity index (χ1) is 13.5. The molecular weight excluding hydrogens is 382 g/mol. The van der Waals surface area contributed by atoms with Gasteiger partial charge in [-0.3, -0.25) is 4.99 Å². The predicted octanol–water partition coefficient (Wildman–Crippen LogP) is 2.37. The zero-order chi connectivity index (χ0) is 20.1. The van der Waals surface area contributed by atoms with Gasteiger partial charge in [-0.25, -0.2) is 9.78 Å². The first-order valence-corrected chi connectivity index (χ1v) is 9.40. The van der Waals surface area contributed by atoms with E-state index in [1.54, 1.807) is 26.2 Å². The number of pyridine rings is 1. The lowest BCUT2D eigenvalue weighted by Crippen LogP contribution is -2.44. The number of methoxy groups -OCH3 is 1. The Balaban J connectivity index is 1.54. The molecule has 0 aliphatic carbocycles. The maximum Gasteiger partial charge on any atom is 0.341 e. The Morgan fingerprint density at radius 2 is 2.36 bits per heavy atom. The molecule has 1 atom stereocenters. The number of ether oxygens (including phenoxy) is 1. The summed E-state index contributed by atoms with van der Waals surface area (Å²) in [4.78, 5) is 22.5. The molecular formula is C19H24ClN5O3. The zero-order valence-corrected chi connectivity index (χ0v) is 16.9. The highest BCUT2D eigenvalue weighted by molar-refractivity contribution is 6.32. The largest absolute Gasteiger partial charge is 0.465 e. The number of hydrogen-bond donors (Lipinski definition) is 2. The first-order valence-electron chi connectivity index (χ1n) is 9.02. The molecule has 2 N–H and O–H groups in total. The Hall–Kier alpha value is -2.74. The molecule has 3 heterocycles. The summed E-state index contributed by atoms with van der Waals surface area (Å²) >= 11 is 6.25. The SMILES string of the molecule is CN=C(NCc1cc(C(=O)OC)c(C)o1)NC1CCN(c2ncccc2Cl)C1. The number of carbonyl (C=O) groups is 1. The van der Waals surface area contributed by atoms with E-state index in [1.165, 1.54) is 7.11 Å². The number of aryl methyl sites for hydroxylation is 1. The van der Waals surface area contributed by atoms with Crippen molar-refractivity contribution in [1.82, 2.24) is 15.6 Å². The highest BCUT2D eigenvalue weighted by Crippen LogP contribution is 2.25. The standard InChI is InChI=1S/C19H24ClN5O3/c1-12-15(18(26)27-3)9-14(28-12)10-23-19(21-2)24-13-6-8-25(11-13)17-16(20)5-4-7-22-17/h4-5,7,9,13H,6,8,10-11H2,1-3H3,(H2,21,23,24). The number of aromatic nitrogens is 1. The smallest absolute Gasteiger partial charge is 0.341 e. The fourth-order valence-electron chi connectivity index (χ4n) is 3.18. The van der Waals surface area contributed by atoms with Gasteiger partial charge in [-0.05, 0) is 31.5 Å². The number of nitrogens with one attached hydrogen (secondary N) is 2. The Bertz CT molecular complexity index is 867. The molecule has 3 rings (SSSR count). The van der Waals surface area contributed by atoms with Crippen LogP contribution in [-0.4, -0.2) is 50.2 Å². The Morgan fingerprint density at radius 3 is 3.07 bits per heavy atom. The molecule has 1 aliphatic rings. The predicted molar refractivity (Wildman–Crippen MR) is 108 cm³/mol. The van der Waals surface area contributed by atoms with Gasteiger partial charge in [-0.15, -0.1) is 0 Å². The zero-order valence-electron chi connectivity index (χ0n) is 16.2. The van der Waals surface area contributed by atoms with E-state index in [0.717, 1.165) is 25.3 Å². The second-order valence-electron chi connectivity index (χ2n) is 6.48. The molecule has 0 spiro atoms. The number of anilines is 1. The quantitative estimate of drug-likeness (QED) is 0.448. The van der Waals surface area contributed by atoms with Crippen LogP contribution in [0.3, 0.4) is 0 Å². The molecule has 1 fully saturated rings. The second-order valence-corrected chi connectivity index (χ2v) is 6.89. The number of furan rings is 1. The van der Waals surface area contributed by atoms with E-state index in [-0.39, 0.29) is 6.04 Å². The molecule has 2 aromatic heterocycles. The van der Waals surface area contributed by atoms with E-state index >= 15 is 0 Å². The summed E-state index contributed by atoms with van der Waals surface area (Å²) in [6.45, 7) is 3.79. The van der Waals surface area contributed by atoms with Crippen molar-refractivity contribution in [2.45, 2.75) is 25.9 Å². The molecule has 1 aliphatic heterocycles. The second kappa shape index (κ2) is 8.97. The molecule has 8 nitrogen and oxygen atoms in total. The van der Waals surface area contributed by atoms with E-state index in [9.17, 15) is 4.79 Å². The number of aliphatic imine (C=N–C) groups is 1. The molecule has 28 heavy (non-hydrogen) atoms. The maximum atomic E-state index is 11.7. The van der Waals surface area contributed by atoms with Crippen molar-refractivity contribution in [1.29, 1.82) is 0 Å². The minimum atomic E-state index is -0.408. The molecule has 0 saturated carbocycles. The van der Waals surface area contributed by atoms with Crippen LogP contribution in [0.4, 0.5) is 5.82 Å². The summed E-state index contributed by atoms with van der Waals surface area (Å²) in [5, 5.41) is 7.27. The third-order valence-electron chi connectivity index (χ3n) is 4.60. The highest BCUT2D eigenvalue weighted by atomic mass is 35.5. The van der Waals surface area contributed by atoms with E-state index in [2.05, 4.69) is 25.5 Å². The van der Waals surface area contributed by atoms with Crippen LogP contribution in [0.5, 0.6) is 0 Å². The summed E-state index contributed by atoms with van der Waals surface area (Å²) in [6.07, 6.45) is 2.69. The topological polar surface area (TPSA) is 92.0 Å². The van der Waals surface area contributed by atoms with Crippen LogP contribution >= 0.6 is 11.6 Å². The number of esters is 1. The van der Waals surface area contributed by atoms with Crippen LogP contribution in [0.2, 0.25) is 5.02 Å². The van der Waals surface area contributed by atoms with Crippen molar-refractivity contribution in [2.24, 2.45) is 4.99 Å². The van der Waals surface area contributed by atoms with Gasteiger partial charge < -0.3 is 24.7 Å². The Labute approximate surface area is 168 Å². The molecule has 0 amide bonds. The molecule has 9 heteroatoms. The van der Waals surface area contributed by atoms with Gasteiger partial charge in [-0.2, -0.15) is 0 Å². The highest BCUT2D eigenvalue weighted by Gasteiger charge is 2.25. The molecule has 2 aromatic rings. The number of rotatable bonds is 5. The van der Waals surface area contributed by atoms with E-state index in [0.29, 0.717) is 34.6 Å². The Morgan fingerprint density at radius 1 is 1.54 bits per heavy atom. The summed E-state index contributed by atoms with van der Waals surface area (Å²) in [6, 6.07) is 5.57. The van der Waals surface area contributed by atoms with Crippen LogP contribution < -0.4 is 15.5 Å². The van der Waals surface area contributed by atoms with Gasteiger partial charge in [0.15, 0.2) is 5.96 Å². The van der Waals surface area contributed by atoms with Crippen molar-refractivity contribution in [2.75, 3.05) is 32.1 Å². The van der Waals surface area contributed by atoms with Gasteiger partial charge in [0.2, 0.25) is 0 Å². The number of guanidine groups is 1. The maximum absolute atomic E-state index is 11.7. The van der Waals surface area contributed by atoms with Gasteiger partial charge >= 0.3 is 5.97 Å². The van der Waals surface area contributed by atoms with Crippen molar-refractivity contribution in [3.63, 3.8) is 0 Å². The van der Waals surface area contributed by atoms with Crippen molar-refractivity contribution in [3.8, 4) is 0 Å². The monoisotopic (exact) mass is 405 g/mol. The third-order valence-corrected chi connectivity index (χ3v) is 4.89. The normalized spacial score (nSPS) is 16.9. The average molecular weight is 406 g/mol. The molecule has 0 aromatic carbocycles. The first kappa shape index (κ1) is 20.0. The van der Waals surface area contributed by atoms with Crippen LogP contribution in [0.1, 0.15) is 28.3 Å². The fourth-order valence-corrected chi connectivity index (χ4v) is 3.42. The summed E-state index contributed by atoms with van der Waals surface area (Å²) in [7, 11) is 3.06. The Kier molecular flexibility index (Phi) is 6.41. The summed E-state index contributed by atoms with van der Waals surface area (Å²) < 4.78 is 10.4. The molecule has 0 bridgehead atoms. The number of nitrogens with zero attached hydrogens (tertiary/aromatic N) is 3. The van der Waals surface area contributed by atoms with Gasteiger partial charge in [0.1, 0.15) is 22.9 Å².